The number of amides is 1. The molecule has 2 atom stereocenters. The molecule has 1 saturated heterocycles. The number of nitrogens with one attached hydrogen (secondary N) is 1. The van der Waals surface area contributed by atoms with E-state index in [1.165, 1.54) is 10.9 Å². The average molecular weight is 326 g/mol. The van der Waals surface area contributed by atoms with E-state index in [0.717, 1.165) is 50.2 Å². The van der Waals surface area contributed by atoms with Gasteiger partial charge < -0.3 is 14.6 Å². The molecular weight excluding hydrogens is 300 g/mol. The zero-order valence-corrected chi connectivity index (χ0v) is 14.5. The first-order chi connectivity index (χ1) is 11.6. The number of hydrogen-bond acceptors (Lipinski definition) is 3. The number of likely N-dealkylation sites (tertiary alicyclic amines) is 1. The summed E-state index contributed by atoms with van der Waals surface area (Å²) in [4.78, 5) is 14.3. The van der Waals surface area contributed by atoms with Crippen LogP contribution in [0.15, 0.2) is 28.7 Å². The molecule has 0 unspecified atom stereocenters. The van der Waals surface area contributed by atoms with Gasteiger partial charge in [-0.15, -0.1) is 0 Å². The molecule has 4 heteroatoms. The van der Waals surface area contributed by atoms with Crippen LogP contribution in [-0.2, 0) is 11.3 Å². The number of carbonyl (C=O) groups is 1. The van der Waals surface area contributed by atoms with Gasteiger partial charge in [0.1, 0.15) is 11.3 Å². The Labute approximate surface area is 143 Å². The van der Waals surface area contributed by atoms with Gasteiger partial charge in [-0.3, -0.25) is 4.79 Å². The molecule has 2 fully saturated rings. The molecule has 2 heterocycles. The Balaban J connectivity index is 1.34. The van der Waals surface area contributed by atoms with Crippen molar-refractivity contribution >= 4 is 16.9 Å². The maximum absolute atomic E-state index is 12.2. The van der Waals surface area contributed by atoms with Gasteiger partial charge in [0.15, 0.2) is 0 Å². The number of benzene rings is 1. The number of fused-ring (bicyclic) bond motifs is 1. The van der Waals surface area contributed by atoms with Gasteiger partial charge in [0.25, 0.3) is 0 Å². The number of aryl methyl sites for hydroxylation is 1. The first-order valence-electron chi connectivity index (χ1n) is 9.11. The van der Waals surface area contributed by atoms with Crippen molar-refractivity contribution < 1.29 is 9.21 Å². The maximum Gasteiger partial charge on any atom is 0.225 e. The lowest BCUT2D eigenvalue weighted by atomic mass is 9.93. The molecule has 1 N–H and O–H groups in total. The highest BCUT2D eigenvalue weighted by Crippen LogP contribution is 2.32. The number of hydrogen-bond donors (Lipinski definition) is 1. The Morgan fingerprint density at radius 1 is 1.29 bits per heavy atom. The molecule has 0 bridgehead atoms. The average Bonchev–Trinajstić information content (AvgIpc) is 3.33. The van der Waals surface area contributed by atoms with E-state index in [9.17, 15) is 4.79 Å². The number of nitrogens with zero attached hydrogens (tertiary/aromatic N) is 1. The number of rotatable bonds is 4. The SMILES string of the molecule is Cc1ccc2oc(CN[C@H]3CCN(C(=O)C4CC4)C[C@H]3C)cc2c1. The highest BCUT2D eigenvalue weighted by atomic mass is 16.3. The van der Waals surface area contributed by atoms with Crippen molar-refractivity contribution in [3.8, 4) is 0 Å². The van der Waals surface area contributed by atoms with E-state index in [1.807, 2.05) is 6.07 Å². The van der Waals surface area contributed by atoms with E-state index in [-0.39, 0.29) is 0 Å². The van der Waals surface area contributed by atoms with Crippen LogP contribution in [0.3, 0.4) is 0 Å². The first-order valence-corrected chi connectivity index (χ1v) is 9.11. The van der Waals surface area contributed by atoms with Crippen molar-refractivity contribution in [3.05, 3.63) is 35.6 Å². The third-order valence-electron chi connectivity index (χ3n) is 5.40. The number of carbonyl (C=O) groups excluding carboxylic acids is 1. The number of piperidine rings is 1. The van der Waals surface area contributed by atoms with Crippen molar-refractivity contribution in [1.29, 1.82) is 0 Å². The van der Waals surface area contributed by atoms with Crippen LogP contribution in [-0.4, -0.2) is 29.9 Å². The van der Waals surface area contributed by atoms with Crippen molar-refractivity contribution in [2.24, 2.45) is 11.8 Å². The minimum absolute atomic E-state index is 0.334. The van der Waals surface area contributed by atoms with Gasteiger partial charge in [0.05, 0.1) is 6.54 Å². The van der Waals surface area contributed by atoms with E-state index in [0.29, 0.717) is 23.8 Å². The molecule has 1 aliphatic heterocycles. The topological polar surface area (TPSA) is 45.5 Å². The fraction of sp³-hybridized carbons (Fsp3) is 0.550. The van der Waals surface area contributed by atoms with Crippen LogP contribution in [0, 0.1) is 18.8 Å². The van der Waals surface area contributed by atoms with Gasteiger partial charge in [0, 0.05) is 30.4 Å². The quantitative estimate of drug-likeness (QED) is 0.935. The van der Waals surface area contributed by atoms with E-state index in [1.54, 1.807) is 0 Å². The molecule has 1 saturated carbocycles. The van der Waals surface area contributed by atoms with Gasteiger partial charge in [-0.2, -0.15) is 0 Å². The van der Waals surface area contributed by atoms with E-state index >= 15 is 0 Å². The van der Waals surface area contributed by atoms with Gasteiger partial charge >= 0.3 is 0 Å². The molecule has 1 aromatic carbocycles. The summed E-state index contributed by atoms with van der Waals surface area (Å²) in [5.74, 6) is 2.18. The molecule has 24 heavy (non-hydrogen) atoms. The van der Waals surface area contributed by atoms with Crippen molar-refractivity contribution in [3.63, 3.8) is 0 Å². The normalized spacial score (nSPS) is 24.5. The Bertz CT molecular complexity index is 747. The molecule has 128 valence electrons. The summed E-state index contributed by atoms with van der Waals surface area (Å²) in [6.45, 7) is 6.86. The van der Waals surface area contributed by atoms with Gasteiger partial charge in [-0.25, -0.2) is 0 Å². The molecule has 2 aromatic rings. The molecule has 1 aliphatic carbocycles. The molecule has 4 nitrogen and oxygen atoms in total. The van der Waals surface area contributed by atoms with E-state index < -0.39 is 0 Å². The van der Waals surface area contributed by atoms with Crippen molar-refractivity contribution in [2.45, 2.75) is 45.7 Å². The fourth-order valence-corrected chi connectivity index (χ4v) is 3.77. The third-order valence-corrected chi connectivity index (χ3v) is 5.40. The standard InChI is InChI=1S/C20H26N2O2/c1-13-3-6-19-16(9-13)10-17(24-19)11-21-18-7-8-22(12-14(18)2)20(23)15-4-5-15/h3,6,9-10,14-15,18,21H,4-5,7-8,11-12H2,1-2H3/t14-,18+/m1/s1. The van der Waals surface area contributed by atoms with Crippen LogP contribution in [0.2, 0.25) is 0 Å². The Morgan fingerprint density at radius 2 is 2.12 bits per heavy atom. The molecule has 1 aromatic heterocycles. The third kappa shape index (κ3) is 3.20. The second kappa shape index (κ2) is 6.25. The van der Waals surface area contributed by atoms with Crippen LogP contribution in [0.5, 0.6) is 0 Å². The second-order valence-electron chi connectivity index (χ2n) is 7.57. The predicted octanol–water partition coefficient (Wildman–Crippen LogP) is 3.48. The van der Waals surface area contributed by atoms with Crippen LogP contribution < -0.4 is 5.32 Å². The minimum atomic E-state index is 0.334. The number of furan rings is 1. The maximum atomic E-state index is 12.2. The lowest BCUT2D eigenvalue weighted by Gasteiger charge is -2.37. The van der Waals surface area contributed by atoms with Gasteiger partial charge in [-0.1, -0.05) is 18.6 Å². The summed E-state index contributed by atoms with van der Waals surface area (Å²) in [5.41, 5.74) is 2.21. The molecule has 0 spiro atoms. The lowest BCUT2D eigenvalue weighted by Crippen LogP contribution is -2.50. The van der Waals surface area contributed by atoms with Crippen molar-refractivity contribution in [2.75, 3.05) is 13.1 Å². The van der Waals surface area contributed by atoms with Crippen LogP contribution >= 0.6 is 0 Å². The summed E-state index contributed by atoms with van der Waals surface area (Å²) >= 11 is 0. The highest BCUT2D eigenvalue weighted by molar-refractivity contribution is 5.81. The van der Waals surface area contributed by atoms with Gasteiger partial charge in [0.2, 0.25) is 5.91 Å². The summed E-state index contributed by atoms with van der Waals surface area (Å²) in [6, 6.07) is 8.86. The molecule has 0 radical (unpaired) electrons. The summed E-state index contributed by atoms with van der Waals surface area (Å²) in [5, 5.41) is 4.81. The second-order valence-corrected chi connectivity index (χ2v) is 7.57. The zero-order valence-electron chi connectivity index (χ0n) is 14.5. The van der Waals surface area contributed by atoms with Crippen molar-refractivity contribution in [1.82, 2.24) is 10.2 Å². The minimum Gasteiger partial charge on any atom is -0.460 e. The summed E-state index contributed by atoms with van der Waals surface area (Å²) in [6.07, 6.45) is 3.22. The molecule has 2 aliphatic rings. The van der Waals surface area contributed by atoms with Crippen LogP contribution in [0.1, 0.15) is 37.5 Å². The van der Waals surface area contributed by atoms with Gasteiger partial charge in [-0.05, 0) is 50.3 Å². The van der Waals surface area contributed by atoms with Crippen LogP contribution in [0.25, 0.3) is 11.0 Å². The largest absolute Gasteiger partial charge is 0.460 e. The fourth-order valence-electron chi connectivity index (χ4n) is 3.77. The summed E-state index contributed by atoms with van der Waals surface area (Å²) in [7, 11) is 0. The van der Waals surface area contributed by atoms with E-state index in [2.05, 4.69) is 42.3 Å². The molecular formula is C20H26N2O2. The predicted molar refractivity (Wildman–Crippen MR) is 94.7 cm³/mol. The Kier molecular flexibility index (Phi) is 4.09. The highest BCUT2D eigenvalue weighted by Gasteiger charge is 2.36. The zero-order chi connectivity index (χ0) is 16.7. The molecule has 4 rings (SSSR count). The monoisotopic (exact) mass is 326 g/mol. The summed E-state index contributed by atoms with van der Waals surface area (Å²) < 4.78 is 5.92. The lowest BCUT2D eigenvalue weighted by molar-refractivity contribution is -0.134. The first kappa shape index (κ1) is 15.7. The van der Waals surface area contributed by atoms with E-state index in [4.69, 9.17) is 4.42 Å². The Morgan fingerprint density at radius 3 is 2.88 bits per heavy atom. The smallest absolute Gasteiger partial charge is 0.225 e. The Hall–Kier alpha value is -1.81. The van der Waals surface area contributed by atoms with Crippen LogP contribution in [0.4, 0.5) is 0 Å². The molecule has 1 amide bonds.